The first-order valence-corrected chi connectivity index (χ1v) is 3.29. The second kappa shape index (κ2) is 5.79. The molecule has 52 valence electrons. The predicted molar refractivity (Wildman–Crippen MR) is 40.1 cm³/mol. The minimum atomic E-state index is -0.847. The number of nitrogens with zero attached hydrogens (tertiary/aromatic N) is 1. The molecule has 0 atom stereocenters. The van der Waals surface area contributed by atoms with Crippen LogP contribution < -0.4 is 0 Å². The normalized spacial score (nSPS) is 6.70. The largest absolute Gasteiger partial charge is 0.286 e. The molecular weight excluding hydrogens is 150 g/mol. The lowest BCUT2D eigenvalue weighted by molar-refractivity contribution is -0.378. The van der Waals surface area contributed by atoms with Crippen LogP contribution in [0.15, 0.2) is 22.9 Å². The fraction of sp³-hybridized carbons (Fsp3) is 0. The third kappa shape index (κ3) is 6.66. The molecule has 10 heavy (non-hydrogen) atoms. The third-order valence-electron chi connectivity index (χ3n) is 0.531. The number of nitro groups is 1. The summed E-state index contributed by atoms with van der Waals surface area (Å²) in [5, 5.41) is 13.0. The lowest BCUT2D eigenvalue weighted by atomic mass is 10.7. The van der Waals surface area contributed by atoms with Gasteiger partial charge >= 0.3 is 0 Å². The molecule has 4 heteroatoms. The Labute approximate surface area is 62.5 Å². The summed E-state index contributed by atoms with van der Waals surface area (Å²) in [4.78, 5) is 8.09. The summed E-state index contributed by atoms with van der Waals surface area (Å²) >= 11 is 1.71. The Kier molecular flexibility index (Phi) is 5.01. The number of rotatable bonds is 0. The van der Waals surface area contributed by atoms with Gasteiger partial charge in [-0.1, -0.05) is 12.1 Å². The van der Waals surface area contributed by atoms with E-state index in [1.807, 2.05) is 22.9 Å². The van der Waals surface area contributed by atoms with Crippen molar-refractivity contribution in [2.75, 3.05) is 0 Å². The van der Waals surface area contributed by atoms with Gasteiger partial charge in [0.05, 0.1) is 0 Å². The zero-order chi connectivity index (χ0) is 7.82. The highest BCUT2D eigenvalue weighted by molar-refractivity contribution is 7.07. The average Bonchev–Trinajstić information content (AvgIpc) is 2.43. The molecule has 0 aromatic carbocycles. The van der Waals surface area contributed by atoms with E-state index in [2.05, 4.69) is 6.42 Å². The third-order valence-corrected chi connectivity index (χ3v) is 1.16. The molecule has 0 amide bonds. The molecule has 0 aliphatic rings. The maximum absolute atomic E-state index is 8.94. The first kappa shape index (κ1) is 8.66. The van der Waals surface area contributed by atoms with Crippen LogP contribution in [0.5, 0.6) is 0 Å². The van der Waals surface area contributed by atoms with Crippen molar-refractivity contribution < 1.29 is 4.92 Å². The van der Waals surface area contributed by atoms with Crippen LogP contribution in [0.2, 0.25) is 0 Å². The zero-order valence-corrected chi connectivity index (χ0v) is 5.88. The van der Waals surface area contributed by atoms with E-state index in [0.717, 1.165) is 0 Å². The van der Waals surface area contributed by atoms with Crippen LogP contribution in [0.25, 0.3) is 0 Å². The molecule has 0 aliphatic carbocycles. The minimum Gasteiger partial charge on any atom is -0.249 e. The van der Waals surface area contributed by atoms with Gasteiger partial charge < -0.3 is 0 Å². The molecule has 0 saturated heterocycles. The van der Waals surface area contributed by atoms with E-state index in [1.54, 1.807) is 11.3 Å². The monoisotopic (exact) mass is 155 g/mol. The summed E-state index contributed by atoms with van der Waals surface area (Å²) in [6, 6.07) is 5.29. The van der Waals surface area contributed by atoms with Gasteiger partial charge in [-0.2, -0.15) is 11.3 Å². The van der Waals surface area contributed by atoms with E-state index in [1.165, 1.54) is 6.04 Å². The predicted octanol–water partition coefficient (Wildman–Crippen LogP) is 1.60. The fourth-order valence-electron chi connectivity index (χ4n) is 0.227. The van der Waals surface area contributed by atoms with Gasteiger partial charge in [-0.3, -0.25) is 0 Å². The van der Waals surface area contributed by atoms with Gasteiger partial charge in [-0.25, -0.2) is 10.1 Å². The van der Waals surface area contributed by atoms with Crippen LogP contribution in [0.1, 0.15) is 0 Å². The van der Waals surface area contributed by atoms with Crippen molar-refractivity contribution in [3.8, 4) is 12.5 Å². The fourth-order valence-corrected chi connectivity index (χ4v) is 0.680. The molecule has 0 saturated carbocycles. The van der Waals surface area contributed by atoms with Crippen LogP contribution in [-0.4, -0.2) is 4.92 Å². The molecule has 1 aromatic rings. The Hall–Kier alpha value is -1.34. The van der Waals surface area contributed by atoms with E-state index in [0.29, 0.717) is 0 Å². The summed E-state index contributed by atoms with van der Waals surface area (Å²) in [6.45, 7) is 0. The van der Waals surface area contributed by atoms with Crippen molar-refractivity contribution in [3.05, 3.63) is 33.0 Å². The smallest absolute Gasteiger partial charge is 0.249 e. The van der Waals surface area contributed by atoms with Crippen LogP contribution in [0, 0.1) is 22.6 Å². The Morgan fingerprint density at radius 1 is 1.50 bits per heavy atom. The van der Waals surface area contributed by atoms with Gasteiger partial charge in [0, 0.05) is 0 Å². The molecule has 0 N–H and O–H groups in total. The quantitative estimate of drug-likeness (QED) is 0.247. The Morgan fingerprint density at radius 3 is 2.00 bits per heavy atom. The molecule has 1 rings (SSSR count). The van der Waals surface area contributed by atoms with Crippen LogP contribution in [-0.2, 0) is 0 Å². The average molecular weight is 155 g/mol. The molecule has 3 nitrogen and oxygen atoms in total. The number of hydrogen-bond acceptors (Lipinski definition) is 3. The minimum absolute atomic E-state index is 0.847. The highest BCUT2D eigenvalue weighted by atomic mass is 32.1. The highest BCUT2D eigenvalue weighted by Gasteiger charge is 1.70. The highest BCUT2D eigenvalue weighted by Crippen LogP contribution is 1.91. The number of thiophene rings is 1. The topological polar surface area (TPSA) is 43.1 Å². The van der Waals surface area contributed by atoms with E-state index in [9.17, 15) is 0 Å². The van der Waals surface area contributed by atoms with Crippen molar-refractivity contribution in [1.29, 1.82) is 0 Å². The molecular formula is C6H5NO2S. The van der Waals surface area contributed by atoms with Crippen LogP contribution in [0.3, 0.4) is 0 Å². The molecule has 1 heterocycles. The summed E-state index contributed by atoms with van der Waals surface area (Å²) in [5.74, 6) is 0. The molecule has 0 bridgehead atoms. The molecule has 1 aromatic heterocycles. The van der Waals surface area contributed by atoms with E-state index >= 15 is 0 Å². The van der Waals surface area contributed by atoms with Crippen LogP contribution in [0.4, 0.5) is 0 Å². The molecule has 0 unspecified atom stereocenters. The van der Waals surface area contributed by atoms with Crippen molar-refractivity contribution >= 4 is 11.3 Å². The van der Waals surface area contributed by atoms with Crippen molar-refractivity contribution in [1.82, 2.24) is 0 Å². The second-order valence-electron chi connectivity index (χ2n) is 1.18. The maximum atomic E-state index is 8.94. The Morgan fingerprint density at radius 2 is 1.90 bits per heavy atom. The van der Waals surface area contributed by atoms with Crippen LogP contribution >= 0.6 is 11.3 Å². The van der Waals surface area contributed by atoms with Gasteiger partial charge in [-0.15, -0.1) is 0 Å². The first-order valence-electron chi connectivity index (χ1n) is 2.35. The summed E-state index contributed by atoms with van der Waals surface area (Å²) in [7, 11) is 0. The van der Waals surface area contributed by atoms with Crippen molar-refractivity contribution in [2.45, 2.75) is 0 Å². The Bertz CT molecular complexity index is 195. The molecule has 0 radical (unpaired) electrons. The molecule has 0 spiro atoms. The number of hydrogen-bond donors (Lipinski definition) is 0. The van der Waals surface area contributed by atoms with Crippen molar-refractivity contribution in [2.24, 2.45) is 0 Å². The van der Waals surface area contributed by atoms with Crippen molar-refractivity contribution in [3.63, 3.8) is 0 Å². The van der Waals surface area contributed by atoms with E-state index < -0.39 is 4.92 Å². The zero-order valence-electron chi connectivity index (χ0n) is 5.06. The van der Waals surface area contributed by atoms with Gasteiger partial charge in [-0.05, 0) is 17.2 Å². The van der Waals surface area contributed by atoms with Gasteiger partial charge in [0.15, 0.2) is 0 Å². The summed E-state index contributed by atoms with van der Waals surface area (Å²) in [5.41, 5.74) is 0. The van der Waals surface area contributed by atoms with Gasteiger partial charge in [0.25, 0.3) is 6.04 Å². The summed E-state index contributed by atoms with van der Waals surface area (Å²) in [6.07, 6.45) is 4.22. The molecule has 0 fully saturated rings. The first-order chi connectivity index (χ1) is 4.77. The van der Waals surface area contributed by atoms with Gasteiger partial charge in [0.2, 0.25) is 0 Å². The summed E-state index contributed by atoms with van der Waals surface area (Å²) < 4.78 is 0. The SMILES string of the molecule is C#C[N+](=O)[O-].c1ccsc1. The number of terminal acetylenes is 1. The Balaban J connectivity index is 0.000000162. The van der Waals surface area contributed by atoms with E-state index in [-0.39, 0.29) is 0 Å². The van der Waals surface area contributed by atoms with E-state index in [4.69, 9.17) is 10.1 Å². The lowest BCUT2D eigenvalue weighted by Crippen LogP contribution is -1.79. The second-order valence-corrected chi connectivity index (χ2v) is 2.00. The van der Waals surface area contributed by atoms with Gasteiger partial charge in [0.1, 0.15) is 4.92 Å². The standard InChI is InChI=1S/C4H4S.C2HNO2/c1-2-4-5-3-1;1-2-3(4)5/h1-4H;1H. The molecule has 0 aliphatic heterocycles. The maximum Gasteiger partial charge on any atom is 0.286 e. The lowest BCUT2D eigenvalue weighted by Gasteiger charge is -1.59.